The van der Waals surface area contributed by atoms with E-state index in [1.54, 1.807) is 14.0 Å². The second-order valence-corrected chi connectivity index (χ2v) is 8.66. The van der Waals surface area contributed by atoms with E-state index < -0.39 is 6.09 Å². The molecular weight excluding hydrogens is 430 g/mol. The molecule has 0 aromatic heterocycles. The molecular formula is C27H37N3O4. The Bertz CT molecular complexity index is 947. The normalized spacial score (nSPS) is 19.9. The molecule has 2 aromatic rings. The number of ether oxygens (including phenoxy) is 2. The van der Waals surface area contributed by atoms with E-state index in [2.05, 4.69) is 52.3 Å². The minimum Gasteiger partial charge on any atom is -0.496 e. The number of nitrogens with two attached hydrogens (primary N) is 1. The highest BCUT2D eigenvalue weighted by Crippen LogP contribution is 2.41. The number of rotatable bonds is 6. The summed E-state index contributed by atoms with van der Waals surface area (Å²) in [7, 11) is 1.60. The summed E-state index contributed by atoms with van der Waals surface area (Å²) in [5.74, 6) is 1.53. The fraction of sp³-hybridized carbons (Fsp3) is 0.444. The molecule has 1 aliphatic rings. The number of methoxy groups -OCH3 is 1. The zero-order chi connectivity index (χ0) is 25.0. The van der Waals surface area contributed by atoms with Crippen LogP contribution < -0.4 is 15.8 Å². The quantitative estimate of drug-likeness (QED) is 0.455. The van der Waals surface area contributed by atoms with E-state index in [1.807, 2.05) is 24.3 Å². The molecule has 7 nitrogen and oxygen atoms in total. The molecule has 0 radical (unpaired) electrons. The Kier molecular flexibility index (Phi) is 10.6. The Morgan fingerprint density at radius 2 is 1.71 bits per heavy atom. The third-order valence-electron chi connectivity index (χ3n) is 6.09. The second-order valence-electron chi connectivity index (χ2n) is 8.66. The van der Waals surface area contributed by atoms with Crippen LogP contribution in [0.4, 0.5) is 4.79 Å². The standard InChI is InChI=1S/C22H27NO2.C5H10N2O2/c1-17-12-14-22(15-13-17,18-8-4-3-5-9-18)16-23-21(24)19-10-6-7-11-20(19)25-2;1-3-9-5(8)7-4(2)6/h3-11,17H,12-16H2,1-2H3,(H,23,24);3H2,1-2H3,(H2,6,7,8). The largest absolute Gasteiger partial charge is 0.496 e. The van der Waals surface area contributed by atoms with Gasteiger partial charge in [0.25, 0.3) is 5.91 Å². The first-order valence-corrected chi connectivity index (χ1v) is 11.8. The molecule has 0 aliphatic heterocycles. The van der Waals surface area contributed by atoms with Gasteiger partial charge in [-0.25, -0.2) is 4.79 Å². The lowest BCUT2D eigenvalue weighted by Crippen LogP contribution is -2.43. The Morgan fingerprint density at radius 3 is 2.29 bits per heavy atom. The smallest absolute Gasteiger partial charge is 0.435 e. The van der Waals surface area contributed by atoms with Crippen LogP contribution in [0, 0.1) is 5.92 Å². The Balaban J connectivity index is 0.000000387. The predicted octanol–water partition coefficient (Wildman–Crippen LogP) is 5.09. The third-order valence-corrected chi connectivity index (χ3v) is 6.09. The number of nitrogens with one attached hydrogen (secondary N) is 1. The molecule has 3 N–H and O–H groups in total. The van der Waals surface area contributed by atoms with Gasteiger partial charge >= 0.3 is 6.09 Å². The third kappa shape index (κ3) is 7.90. The maximum atomic E-state index is 12.7. The monoisotopic (exact) mass is 467 g/mol. The van der Waals surface area contributed by atoms with Crippen LogP contribution in [-0.2, 0) is 10.2 Å². The number of nitrogens with zero attached hydrogens (tertiary/aromatic N) is 1. The van der Waals surface area contributed by atoms with Crippen molar-refractivity contribution in [2.24, 2.45) is 16.6 Å². The molecule has 0 heterocycles. The van der Waals surface area contributed by atoms with E-state index in [-0.39, 0.29) is 17.2 Å². The number of hydrogen-bond donors (Lipinski definition) is 2. The average molecular weight is 468 g/mol. The minimum atomic E-state index is -0.627. The fourth-order valence-corrected chi connectivity index (χ4v) is 4.15. The molecule has 7 heteroatoms. The van der Waals surface area contributed by atoms with Crippen LogP contribution in [0.3, 0.4) is 0 Å². The van der Waals surface area contributed by atoms with E-state index in [4.69, 9.17) is 10.5 Å². The van der Waals surface area contributed by atoms with Gasteiger partial charge in [-0.2, -0.15) is 4.99 Å². The molecule has 0 unspecified atom stereocenters. The lowest BCUT2D eigenvalue weighted by atomic mass is 9.67. The SMILES string of the molecule is CCOC(=O)N=C(C)N.COc1ccccc1C(=O)NCC1(c2ccccc2)CCC(C)CC1. The summed E-state index contributed by atoms with van der Waals surface area (Å²) in [6, 6.07) is 18.0. The number of para-hydroxylation sites is 1. The zero-order valence-corrected chi connectivity index (χ0v) is 20.7. The van der Waals surface area contributed by atoms with Crippen LogP contribution in [-0.4, -0.2) is 38.1 Å². The highest BCUT2D eigenvalue weighted by molar-refractivity contribution is 5.97. The van der Waals surface area contributed by atoms with E-state index in [0.717, 1.165) is 18.8 Å². The summed E-state index contributed by atoms with van der Waals surface area (Å²) in [4.78, 5) is 26.4. The van der Waals surface area contributed by atoms with E-state index in [0.29, 0.717) is 24.5 Å². The topological polar surface area (TPSA) is 103 Å². The van der Waals surface area contributed by atoms with Crippen molar-refractivity contribution in [3.05, 3.63) is 65.7 Å². The first kappa shape index (κ1) is 26.9. The number of carbonyl (C=O) groups excluding carboxylic acids is 2. The van der Waals surface area contributed by atoms with Crippen molar-refractivity contribution in [2.75, 3.05) is 20.3 Å². The van der Waals surface area contributed by atoms with Gasteiger partial charge in [-0.05, 0) is 63.1 Å². The van der Waals surface area contributed by atoms with Crippen molar-refractivity contribution in [1.82, 2.24) is 5.32 Å². The Hall–Kier alpha value is -3.35. The van der Waals surface area contributed by atoms with Crippen LogP contribution in [0.15, 0.2) is 59.6 Å². The molecule has 0 saturated heterocycles. The number of hydrogen-bond acceptors (Lipinski definition) is 4. The summed E-state index contributed by atoms with van der Waals surface area (Å²) < 4.78 is 9.77. The van der Waals surface area contributed by atoms with Crippen LogP contribution in [0.5, 0.6) is 5.75 Å². The van der Waals surface area contributed by atoms with Crippen molar-refractivity contribution in [1.29, 1.82) is 0 Å². The first-order valence-electron chi connectivity index (χ1n) is 11.8. The first-order chi connectivity index (χ1) is 16.3. The highest BCUT2D eigenvalue weighted by atomic mass is 16.5. The van der Waals surface area contributed by atoms with Crippen LogP contribution in [0.2, 0.25) is 0 Å². The molecule has 34 heavy (non-hydrogen) atoms. The summed E-state index contributed by atoms with van der Waals surface area (Å²) in [5, 5.41) is 3.18. The minimum absolute atomic E-state index is 0.0332. The molecule has 1 saturated carbocycles. The van der Waals surface area contributed by atoms with Crippen LogP contribution >= 0.6 is 0 Å². The van der Waals surface area contributed by atoms with Crippen molar-refractivity contribution in [3.8, 4) is 5.75 Å². The van der Waals surface area contributed by atoms with Crippen molar-refractivity contribution >= 4 is 17.8 Å². The summed E-state index contributed by atoms with van der Waals surface area (Å²) in [6.07, 6.45) is 4.02. The summed E-state index contributed by atoms with van der Waals surface area (Å²) in [5.41, 5.74) is 7.04. The van der Waals surface area contributed by atoms with Gasteiger partial charge in [0.1, 0.15) is 11.6 Å². The number of amides is 2. The van der Waals surface area contributed by atoms with E-state index in [9.17, 15) is 9.59 Å². The van der Waals surface area contributed by atoms with Crippen LogP contribution in [0.1, 0.15) is 62.4 Å². The number of aliphatic imine (C=N–C) groups is 1. The van der Waals surface area contributed by atoms with Gasteiger partial charge in [-0.3, -0.25) is 4.79 Å². The Labute approximate surface area is 202 Å². The summed E-state index contributed by atoms with van der Waals surface area (Å²) in [6.45, 7) is 6.55. The van der Waals surface area contributed by atoms with E-state index in [1.165, 1.54) is 25.3 Å². The maximum absolute atomic E-state index is 12.7. The van der Waals surface area contributed by atoms with Gasteiger partial charge in [-0.1, -0.05) is 49.4 Å². The van der Waals surface area contributed by atoms with Crippen LogP contribution in [0.25, 0.3) is 0 Å². The zero-order valence-electron chi connectivity index (χ0n) is 20.7. The van der Waals surface area contributed by atoms with Gasteiger partial charge in [-0.15, -0.1) is 0 Å². The lowest BCUT2D eigenvalue weighted by molar-refractivity contribution is 0.0930. The number of benzene rings is 2. The lowest BCUT2D eigenvalue weighted by Gasteiger charge is -2.40. The molecule has 0 spiro atoms. The van der Waals surface area contributed by atoms with Crippen molar-refractivity contribution in [2.45, 2.75) is 51.9 Å². The van der Waals surface area contributed by atoms with Gasteiger partial charge in [0, 0.05) is 12.0 Å². The fourth-order valence-electron chi connectivity index (χ4n) is 4.15. The molecule has 2 amide bonds. The molecule has 3 rings (SSSR count). The molecule has 1 aliphatic carbocycles. The van der Waals surface area contributed by atoms with Crippen molar-refractivity contribution in [3.63, 3.8) is 0 Å². The van der Waals surface area contributed by atoms with E-state index >= 15 is 0 Å². The number of carbonyl (C=O) groups is 2. The predicted molar refractivity (Wildman–Crippen MR) is 135 cm³/mol. The molecule has 1 fully saturated rings. The van der Waals surface area contributed by atoms with Crippen molar-refractivity contribution < 1.29 is 19.1 Å². The molecule has 184 valence electrons. The number of amidine groups is 1. The Morgan fingerprint density at radius 1 is 1.09 bits per heavy atom. The molecule has 0 atom stereocenters. The molecule has 2 aromatic carbocycles. The average Bonchev–Trinajstić information content (AvgIpc) is 2.84. The summed E-state index contributed by atoms with van der Waals surface area (Å²) >= 11 is 0. The van der Waals surface area contributed by atoms with Gasteiger partial charge < -0.3 is 20.5 Å². The second kappa shape index (κ2) is 13.4. The van der Waals surface area contributed by atoms with Gasteiger partial charge in [0.2, 0.25) is 0 Å². The highest BCUT2D eigenvalue weighted by Gasteiger charge is 2.36. The van der Waals surface area contributed by atoms with Gasteiger partial charge in [0.05, 0.1) is 19.3 Å². The van der Waals surface area contributed by atoms with Gasteiger partial charge in [0.15, 0.2) is 0 Å². The molecule has 0 bridgehead atoms. The maximum Gasteiger partial charge on any atom is 0.435 e.